The van der Waals surface area contributed by atoms with Gasteiger partial charge < -0.3 is 10.6 Å². The molecule has 102 valence electrons. The zero-order valence-electron chi connectivity index (χ0n) is 11.1. The molecule has 17 heavy (non-hydrogen) atoms. The van der Waals surface area contributed by atoms with Crippen LogP contribution in [0.25, 0.3) is 0 Å². The first-order chi connectivity index (χ1) is 7.76. The summed E-state index contributed by atoms with van der Waals surface area (Å²) in [6, 6.07) is 0.371. The molecule has 2 N–H and O–H groups in total. The van der Waals surface area contributed by atoms with Crippen molar-refractivity contribution in [1.82, 2.24) is 10.6 Å². The quantitative estimate of drug-likeness (QED) is 0.740. The Morgan fingerprint density at radius 3 is 2.76 bits per heavy atom. The SMILES string of the molecule is CCCCC(CC)CC(=O)NC1CCNC1.Cl. The maximum atomic E-state index is 11.8. The average Bonchev–Trinajstić information content (AvgIpc) is 2.76. The van der Waals surface area contributed by atoms with Gasteiger partial charge >= 0.3 is 0 Å². The number of carbonyl (C=O) groups excluding carboxylic acids is 1. The highest BCUT2D eigenvalue weighted by Crippen LogP contribution is 2.16. The van der Waals surface area contributed by atoms with Crippen molar-refractivity contribution >= 4 is 18.3 Å². The maximum absolute atomic E-state index is 11.8. The van der Waals surface area contributed by atoms with Crippen molar-refractivity contribution in [3.63, 3.8) is 0 Å². The van der Waals surface area contributed by atoms with Crippen LogP contribution < -0.4 is 10.6 Å². The summed E-state index contributed by atoms with van der Waals surface area (Å²) in [6.07, 6.45) is 6.59. The standard InChI is InChI=1S/C13H26N2O.ClH/c1-3-5-6-11(4-2)9-13(16)15-12-7-8-14-10-12;/h11-12,14H,3-10H2,1-2H3,(H,15,16);1H. The molecule has 1 amide bonds. The van der Waals surface area contributed by atoms with Gasteiger partial charge in [-0.05, 0) is 25.3 Å². The fourth-order valence-corrected chi connectivity index (χ4v) is 2.27. The van der Waals surface area contributed by atoms with Crippen LogP contribution in [-0.2, 0) is 4.79 Å². The molecule has 0 saturated carbocycles. The van der Waals surface area contributed by atoms with Crippen molar-refractivity contribution in [1.29, 1.82) is 0 Å². The van der Waals surface area contributed by atoms with Gasteiger partial charge in [0.15, 0.2) is 0 Å². The van der Waals surface area contributed by atoms with Crippen molar-refractivity contribution in [2.75, 3.05) is 13.1 Å². The Hall–Kier alpha value is -0.280. The van der Waals surface area contributed by atoms with Crippen molar-refractivity contribution in [3.8, 4) is 0 Å². The van der Waals surface area contributed by atoms with Crippen LogP contribution in [0.3, 0.4) is 0 Å². The highest BCUT2D eigenvalue weighted by molar-refractivity contribution is 5.85. The first-order valence-corrected chi connectivity index (χ1v) is 6.76. The molecule has 1 saturated heterocycles. The Morgan fingerprint density at radius 2 is 2.24 bits per heavy atom. The Bertz CT molecular complexity index is 206. The van der Waals surface area contributed by atoms with Gasteiger partial charge in [-0.2, -0.15) is 0 Å². The number of hydrogen-bond donors (Lipinski definition) is 2. The number of nitrogens with one attached hydrogen (secondary N) is 2. The number of rotatable bonds is 7. The first kappa shape index (κ1) is 16.7. The van der Waals surface area contributed by atoms with Gasteiger partial charge in [-0.25, -0.2) is 0 Å². The molecule has 0 aromatic rings. The van der Waals surface area contributed by atoms with Crippen molar-refractivity contribution in [2.24, 2.45) is 5.92 Å². The third-order valence-electron chi connectivity index (χ3n) is 3.44. The Morgan fingerprint density at radius 1 is 1.47 bits per heavy atom. The predicted molar refractivity (Wildman–Crippen MR) is 74.6 cm³/mol. The van der Waals surface area contributed by atoms with Crippen LogP contribution in [0.2, 0.25) is 0 Å². The molecule has 1 fully saturated rings. The van der Waals surface area contributed by atoms with Crippen molar-refractivity contribution in [2.45, 2.75) is 58.4 Å². The predicted octanol–water partition coefficient (Wildman–Crippen LogP) is 2.49. The summed E-state index contributed by atoms with van der Waals surface area (Å²) in [4.78, 5) is 11.8. The third kappa shape index (κ3) is 6.89. The minimum atomic E-state index is 0. The molecule has 1 aliphatic rings. The summed E-state index contributed by atoms with van der Waals surface area (Å²) >= 11 is 0. The molecule has 1 rings (SSSR count). The van der Waals surface area contributed by atoms with Gasteiger partial charge in [0.1, 0.15) is 0 Å². The van der Waals surface area contributed by atoms with Gasteiger partial charge in [0.05, 0.1) is 0 Å². The maximum Gasteiger partial charge on any atom is 0.220 e. The number of carbonyl (C=O) groups is 1. The lowest BCUT2D eigenvalue weighted by Crippen LogP contribution is -2.37. The first-order valence-electron chi connectivity index (χ1n) is 6.76. The van der Waals surface area contributed by atoms with E-state index >= 15 is 0 Å². The summed E-state index contributed by atoms with van der Waals surface area (Å²) in [6.45, 7) is 6.37. The molecule has 0 bridgehead atoms. The summed E-state index contributed by atoms with van der Waals surface area (Å²) < 4.78 is 0. The van der Waals surface area contributed by atoms with Crippen molar-refractivity contribution < 1.29 is 4.79 Å². The van der Waals surface area contributed by atoms with E-state index in [2.05, 4.69) is 24.5 Å². The molecule has 2 unspecified atom stereocenters. The summed E-state index contributed by atoms with van der Waals surface area (Å²) in [5, 5.41) is 6.38. The van der Waals surface area contributed by atoms with Gasteiger partial charge in [0, 0.05) is 19.0 Å². The third-order valence-corrected chi connectivity index (χ3v) is 3.44. The van der Waals surface area contributed by atoms with E-state index in [1.54, 1.807) is 0 Å². The molecular formula is C13H27ClN2O. The average molecular weight is 263 g/mol. The number of unbranched alkanes of at least 4 members (excludes halogenated alkanes) is 1. The van der Waals surface area contributed by atoms with E-state index in [1.165, 1.54) is 19.3 Å². The van der Waals surface area contributed by atoms with Gasteiger partial charge in [-0.1, -0.05) is 33.1 Å². The topological polar surface area (TPSA) is 41.1 Å². The lowest BCUT2D eigenvalue weighted by atomic mass is 9.95. The fraction of sp³-hybridized carbons (Fsp3) is 0.923. The molecule has 1 heterocycles. The van der Waals surface area contributed by atoms with E-state index in [1.807, 2.05) is 0 Å². The monoisotopic (exact) mass is 262 g/mol. The summed E-state index contributed by atoms with van der Waals surface area (Å²) in [5.74, 6) is 0.825. The zero-order chi connectivity index (χ0) is 11.8. The highest BCUT2D eigenvalue weighted by Gasteiger charge is 2.18. The van der Waals surface area contributed by atoms with Crippen LogP contribution in [0, 0.1) is 5.92 Å². The van der Waals surface area contributed by atoms with Gasteiger partial charge in [-0.15, -0.1) is 12.4 Å². The number of halogens is 1. The molecular weight excluding hydrogens is 236 g/mol. The van der Waals surface area contributed by atoms with Crippen LogP contribution in [0.5, 0.6) is 0 Å². The van der Waals surface area contributed by atoms with Gasteiger partial charge in [-0.3, -0.25) is 4.79 Å². The molecule has 0 aliphatic carbocycles. The van der Waals surface area contributed by atoms with Crippen LogP contribution in [0.1, 0.15) is 52.4 Å². The molecule has 0 radical (unpaired) electrons. The van der Waals surface area contributed by atoms with Crippen LogP contribution >= 0.6 is 12.4 Å². The second kappa shape index (κ2) is 9.72. The van der Waals surface area contributed by atoms with E-state index in [0.29, 0.717) is 18.4 Å². The van der Waals surface area contributed by atoms with Gasteiger partial charge in [0.25, 0.3) is 0 Å². The second-order valence-corrected chi connectivity index (χ2v) is 4.88. The fourth-order valence-electron chi connectivity index (χ4n) is 2.27. The lowest BCUT2D eigenvalue weighted by Gasteiger charge is -2.16. The molecule has 4 heteroatoms. The van der Waals surface area contributed by atoms with E-state index < -0.39 is 0 Å². The molecule has 0 aromatic carbocycles. The lowest BCUT2D eigenvalue weighted by molar-refractivity contribution is -0.122. The zero-order valence-corrected chi connectivity index (χ0v) is 11.9. The molecule has 3 nitrogen and oxygen atoms in total. The molecule has 0 aromatic heterocycles. The second-order valence-electron chi connectivity index (χ2n) is 4.88. The molecule has 2 atom stereocenters. The van der Waals surface area contributed by atoms with E-state index in [9.17, 15) is 4.79 Å². The summed E-state index contributed by atoms with van der Waals surface area (Å²) in [7, 11) is 0. The van der Waals surface area contributed by atoms with Crippen LogP contribution in [0.4, 0.5) is 0 Å². The molecule has 0 spiro atoms. The van der Waals surface area contributed by atoms with Crippen LogP contribution in [-0.4, -0.2) is 25.0 Å². The van der Waals surface area contributed by atoms with E-state index in [-0.39, 0.29) is 18.3 Å². The molecule has 1 aliphatic heterocycles. The minimum Gasteiger partial charge on any atom is -0.352 e. The Kier molecular flexibility index (Phi) is 9.56. The normalized spacial score (nSPS) is 20.7. The van der Waals surface area contributed by atoms with E-state index in [4.69, 9.17) is 0 Å². The largest absolute Gasteiger partial charge is 0.352 e. The van der Waals surface area contributed by atoms with Crippen molar-refractivity contribution in [3.05, 3.63) is 0 Å². The van der Waals surface area contributed by atoms with E-state index in [0.717, 1.165) is 25.9 Å². The van der Waals surface area contributed by atoms with Crippen LogP contribution in [0.15, 0.2) is 0 Å². The summed E-state index contributed by atoms with van der Waals surface area (Å²) in [5.41, 5.74) is 0. The number of amides is 1. The highest BCUT2D eigenvalue weighted by atomic mass is 35.5. The smallest absolute Gasteiger partial charge is 0.220 e. The Labute approximate surface area is 112 Å². The number of hydrogen-bond acceptors (Lipinski definition) is 2. The Balaban J connectivity index is 0.00000256. The minimum absolute atomic E-state index is 0. The van der Waals surface area contributed by atoms with Gasteiger partial charge in [0.2, 0.25) is 5.91 Å².